The van der Waals surface area contributed by atoms with E-state index in [9.17, 15) is 0 Å². The van der Waals surface area contributed by atoms with Crippen molar-refractivity contribution in [3.8, 4) is 0 Å². The summed E-state index contributed by atoms with van der Waals surface area (Å²) in [5.41, 5.74) is 1.64. The Labute approximate surface area is 85.0 Å². The molecule has 0 amide bonds. The molecule has 5 aliphatic carbocycles. The van der Waals surface area contributed by atoms with Crippen LogP contribution in [-0.2, 0) is 0 Å². The molecule has 0 aromatic heterocycles. The molecule has 72 valence electrons. The Bertz CT molecular complexity index is 262. The van der Waals surface area contributed by atoms with Crippen LogP contribution in [0.15, 0.2) is 0 Å². The second kappa shape index (κ2) is 1.96. The van der Waals surface area contributed by atoms with Crippen LogP contribution in [0.25, 0.3) is 0 Å². The van der Waals surface area contributed by atoms with Crippen molar-refractivity contribution >= 4 is 11.6 Å². The first-order valence-corrected chi connectivity index (χ1v) is 6.36. The zero-order valence-electron chi connectivity index (χ0n) is 8.06. The van der Waals surface area contributed by atoms with Crippen molar-refractivity contribution in [3.63, 3.8) is 0 Å². The summed E-state index contributed by atoms with van der Waals surface area (Å²) in [6.45, 7) is 0. The van der Waals surface area contributed by atoms with Gasteiger partial charge in [-0.05, 0) is 67.6 Å². The number of hydrogen-bond donors (Lipinski definition) is 0. The minimum atomic E-state index is 0.549. The molecule has 0 aromatic rings. The Balaban J connectivity index is 1.82. The number of hydrogen-bond acceptors (Lipinski definition) is 0. The quantitative estimate of drug-likeness (QED) is 0.520. The van der Waals surface area contributed by atoms with E-state index in [1.807, 2.05) is 0 Å². The molecule has 0 aromatic carbocycles. The molecule has 0 aliphatic heterocycles. The molecule has 0 radical (unpaired) electrons. The van der Waals surface area contributed by atoms with Gasteiger partial charge in [-0.15, -0.1) is 11.6 Å². The van der Waals surface area contributed by atoms with E-state index in [2.05, 4.69) is 0 Å². The lowest BCUT2D eigenvalue weighted by Gasteiger charge is -2.53. The van der Waals surface area contributed by atoms with Gasteiger partial charge < -0.3 is 0 Å². The molecule has 3 atom stereocenters. The molecular formula is C12H17Cl. The summed E-state index contributed by atoms with van der Waals surface area (Å²) in [5, 5.41) is 0.549. The number of alkyl halides is 1. The predicted molar refractivity (Wildman–Crippen MR) is 53.8 cm³/mol. The third-order valence-electron chi connectivity index (χ3n) is 5.83. The highest BCUT2D eigenvalue weighted by Gasteiger charge is 2.75. The molecule has 0 heterocycles. The first kappa shape index (κ1) is 7.56. The van der Waals surface area contributed by atoms with E-state index in [0.29, 0.717) is 5.38 Å². The van der Waals surface area contributed by atoms with E-state index in [1.165, 1.54) is 32.1 Å². The fourth-order valence-corrected chi connectivity index (χ4v) is 5.64. The van der Waals surface area contributed by atoms with Crippen molar-refractivity contribution in [2.45, 2.75) is 50.3 Å². The van der Waals surface area contributed by atoms with Gasteiger partial charge in [0.05, 0.1) is 0 Å². The van der Waals surface area contributed by atoms with E-state index in [-0.39, 0.29) is 0 Å². The molecule has 0 unspecified atom stereocenters. The van der Waals surface area contributed by atoms with Gasteiger partial charge in [-0.3, -0.25) is 0 Å². The molecule has 2 bridgehead atoms. The van der Waals surface area contributed by atoms with Crippen LogP contribution < -0.4 is 0 Å². The van der Waals surface area contributed by atoms with Crippen molar-refractivity contribution in [2.24, 2.45) is 22.7 Å². The lowest BCUT2D eigenvalue weighted by atomic mass is 9.54. The van der Waals surface area contributed by atoms with Gasteiger partial charge in [0.15, 0.2) is 0 Å². The maximum atomic E-state index is 6.49. The van der Waals surface area contributed by atoms with E-state index < -0.39 is 0 Å². The number of fused-ring (bicyclic) bond motifs is 2. The van der Waals surface area contributed by atoms with Gasteiger partial charge in [-0.1, -0.05) is 0 Å². The fraction of sp³-hybridized carbons (Fsp3) is 1.00. The minimum absolute atomic E-state index is 0.549. The van der Waals surface area contributed by atoms with Crippen molar-refractivity contribution in [2.75, 3.05) is 0 Å². The Morgan fingerprint density at radius 2 is 1.62 bits per heavy atom. The lowest BCUT2D eigenvalue weighted by Crippen LogP contribution is -2.48. The van der Waals surface area contributed by atoms with E-state index >= 15 is 0 Å². The summed E-state index contributed by atoms with van der Waals surface area (Å²) in [5.74, 6) is 1.95. The zero-order valence-corrected chi connectivity index (χ0v) is 8.82. The third kappa shape index (κ3) is 0.663. The van der Waals surface area contributed by atoms with Gasteiger partial charge >= 0.3 is 0 Å². The second-order valence-electron chi connectivity index (χ2n) is 5.94. The van der Waals surface area contributed by atoms with Crippen molar-refractivity contribution in [3.05, 3.63) is 0 Å². The number of halogens is 1. The van der Waals surface area contributed by atoms with Gasteiger partial charge in [0.25, 0.3) is 0 Å². The molecule has 13 heavy (non-hydrogen) atoms. The van der Waals surface area contributed by atoms with Crippen LogP contribution in [0.5, 0.6) is 0 Å². The molecule has 0 saturated heterocycles. The normalized spacial score (nSPS) is 52.8. The SMILES string of the molecule is Cl[C@H]1C[C@H]2CC[C@@H]1C1(CC1)C21CC1. The summed E-state index contributed by atoms with van der Waals surface area (Å²) in [6, 6.07) is 0. The number of rotatable bonds is 0. The second-order valence-corrected chi connectivity index (χ2v) is 6.51. The maximum Gasteiger partial charge on any atom is 0.0372 e. The Morgan fingerprint density at radius 1 is 0.923 bits per heavy atom. The van der Waals surface area contributed by atoms with E-state index in [1.54, 1.807) is 12.8 Å². The summed E-state index contributed by atoms with van der Waals surface area (Å²) in [6.07, 6.45) is 10.5. The minimum Gasteiger partial charge on any atom is -0.123 e. The average Bonchev–Trinajstić information content (AvgIpc) is 2.96. The third-order valence-corrected chi connectivity index (χ3v) is 6.31. The molecule has 5 rings (SSSR count). The monoisotopic (exact) mass is 196 g/mol. The van der Waals surface area contributed by atoms with Gasteiger partial charge in [0.2, 0.25) is 0 Å². The van der Waals surface area contributed by atoms with Crippen LogP contribution >= 0.6 is 11.6 Å². The molecule has 0 nitrogen and oxygen atoms in total. The molecule has 1 heteroatoms. The van der Waals surface area contributed by atoms with Gasteiger partial charge in [0.1, 0.15) is 0 Å². The van der Waals surface area contributed by atoms with Gasteiger partial charge in [-0.2, -0.15) is 0 Å². The van der Waals surface area contributed by atoms with Gasteiger partial charge in [0, 0.05) is 5.38 Å². The average molecular weight is 197 g/mol. The molecule has 5 aliphatic rings. The highest BCUT2D eigenvalue weighted by Crippen LogP contribution is 2.83. The van der Waals surface area contributed by atoms with Crippen LogP contribution in [0.4, 0.5) is 0 Å². The standard InChI is InChI=1S/C12H17Cl/c13-10-7-8-1-2-9(10)12(5-6-12)11(8)3-4-11/h8-10H,1-7H2/t8-,9+,10+/m1/s1. The van der Waals surface area contributed by atoms with Crippen molar-refractivity contribution in [1.29, 1.82) is 0 Å². The smallest absolute Gasteiger partial charge is 0.0372 e. The first-order chi connectivity index (χ1) is 6.29. The van der Waals surface area contributed by atoms with E-state index in [0.717, 1.165) is 22.7 Å². The summed E-state index contributed by atoms with van der Waals surface area (Å²) < 4.78 is 0. The van der Waals surface area contributed by atoms with Crippen LogP contribution in [0.2, 0.25) is 0 Å². The van der Waals surface area contributed by atoms with Gasteiger partial charge in [-0.25, -0.2) is 0 Å². The Hall–Kier alpha value is 0.290. The summed E-state index contributed by atoms with van der Waals surface area (Å²) in [4.78, 5) is 0. The Kier molecular flexibility index (Phi) is 1.14. The highest BCUT2D eigenvalue weighted by atomic mass is 35.5. The lowest BCUT2D eigenvalue weighted by molar-refractivity contribution is -0.0118. The van der Waals surface area contributed by atoms with Crippen LogP contribution in [0, 0.1) is 22.7 Å². The molecule has 2 spiro atoms. The Morgan fingerprint density at radius 3 is 2.15 bits per heavy atom. The first-order valence-electron chi connectivity index (χ1n) is 5.93. The van der Waals surface area contributed by atoms with Crippen LogP contribution in [0.3, 0.4) is 0 Å². The van der Waals surface area contributed by atoms with E-state index in [4.69, 9.17) is 11.6 Å². The van der Waals surface area contributed by atoms with Crippen molar-refractivity contribution < 1.29 is 0 Å². The molecular weight excluding hydrogens is 180 g/mol. The highest BCUT2D eigenvalue weighted by molar-refractivity contribution is 6.21. The topological polar surface area (TPSA) is 0 Å². The molecule has 5 fully saturated rings. The molecule has 0 N–H and O–H groups in total. The van der Waals surface area contributed by atoms with Crippen molar-refractivity contribution in [1.82, 2.24) is 0 Å². The maximum absolute atomic E-state index is 6.49. The van der Waals surface area contributed by atoms with Crippen LogP contribution in [-0.4, -0.2) is 5.38 Å². The summed E-state index contributed by atoms with van der Waals surface area (Å²) in [7, 11) is 0. The largest absolute Gasteiger partial charge is 0.123 e. The predicted octanol–water partition coefficient (Wildman–Crippen LogP) is 3.58. The fourth-order valence-electron chi connectivity index (χ4n) is 5.06. The molecule has 5 saturated carbocycles. The van der Waals surface area contributed by atoms with Crippen LogP contribution in [0.1, 0.15) is 44.9 Å². The zero-order chi connectivity index (χ0) is 8.68. The summed E-state index contributed by atoms with van der Waals surface area (Å²) >= 11 is 6.49.